The number of rotatable bonds is 1. The van der Waals surface area contributed by atoms with Crippen molar-refractivity contribution in [1.29, 1.82) is 0 Å². The van der Waals surface area contributed by atoms with E-state index >= 15 is 0 Å². The van der Waals surface area contributed by atoms with Gasteiger partial charge in [-0.3, -0.25) is 0 Å². The number of halogens is 3. The van der Waals surface area contributed by atoms with Crippen LogP contribution in [-0.4, -0.2) is 12.3 Å². The smallest absolute Gasteiger partial charge is 0.370 e. The monoisotopic (exact) mass is 154 g/mol. The van der Waals surface area contributed by atoms with E-state index in [9.17, 15) is 18.0 Å². The number of hydrogen-bond acceptors (Lipinski definition) is 2. The average Bonchev–Trinajstić information content (AvgIpc) is 1.59. The summed E-state index contributed by atoms with van der Waals surface area (Å²) in [6.07, 6.45) is -3.03. The van der Waals surface area contributed by atoms with Crippen LogP contribution >= 0.6 is 0 Å². The molecule has 0 radical (unpaired) electrons. The lowest BCUT2D eigenvalue weighted by Gasteiger charge is -2.02. The van der Waals surface area contributed by atoms with Gasteiger partial charge >= 0.3 is 12.3 Å². The highest BCUT2D eigenvalue weighted by Crippen LogP contribution is 2.16. The van der Waals surface area contributed by atoms with Crippen LogP contribution in [0.25, 0.3) is 0 Å². The minimum Gasteiger partial charge on any atom is -0.370 e. The molecule has 0 N–H and O–H groups in total. The minimum atomic E-state index is -4.88. The van der Waals surface area contributed by atoms with Gasteiger partial charge in [0, 0.05) is 6.08 Å². The molecule has 0 aliphatic rings. The lowest BCUT2D eigenvalue weighted by molar-refractivity contribution is -0.302. The van der Waals surface area contributed by atoms with Crippen LogP contribution in [0.3, 0.4) is 0 Å². The Labute approximate surface area is 55.3 Å². The van der Waals surface area contributed by atoms with Gasteiger partial charge in [-0.05, 0) is 6.92 Å². The van der Waals surface area contributed by atoms with Gasteiger partial charge in [0.05, 0.1) is 0 Å². The van der Waals surface area contributed by atoms with E-state index in [2.05, 4.69) is 4.74 Å². The zero-order valence-electron chi connectivity index (χ0n) is 5.11. The average molecular weight is 154 g/mol. The molecule has 0 aromatic carbocycles. The normalized spacial score (nSPS) is 12.0. The molecule has 0 spiro atoms. The molecule has 0 aliphatic carbocycles. The van der Waals surface area contributed by atoms with E-state index in [1.54, 1.807) is 0 Å². The summed E-state index contributed by atoms with van der Waals surface area (Å²) in [6, 6.07) is 0. The number of esters is 1. The number of alkyl halides is 3. The first kappa shape index (κ1) is 9.00. The van der Waals surface area contributed by atoms with Crippen LogP contribution in [0.4, 0.5) is 13.2 Å². The van der Waals surface area contributed by atoms with Crippen LogP contribution in [0.2, 0.25) is 0 Å². The summed E-state index contributed by atoms with van der Waals surface area (Å²) < 4.78 is 36.4. The maximum Gasteiger partial charge on any atom is 0.575 e. The predicted molar refractivity (Wildman–Crippen MR) is 27.0 cm³/mol. The fourth-order valence-electron chi connectivity index (χ4n) is 0.284. The molecule has 2 nitrogen and oxygen atoms in total. The standard InChI is InChI=1S/C5H5F3O2/c1-2-3-4(9)10-5(6,7)8/h2-3H,1H3. The van der Waals surface area contributed by atoms with Crippen molar-refractivity contribution in [3.63, 3.8) is 0 Å². The van der Waals surface area contributed by atoms with Crippen molar-refractivity contribution >= 4 is 5.97 Å². The molecule has 0 aromatic heterocycles. The summed E-state index contributed by atoms with van der Waals surface area (Å²) in [5, 5.41) is 0. The van der Waals surface area contributed by atoms with Gasteiger partial charge in [-0.25, -0.2) is 4.79 Å². The van der Waals surface area contributed by atoms with Crippen molar-refractivity contribution in [1.82, 2.24) is 0 Å². The van der Waals surface area contributed by atoms with Gasteiger partial charge in [0.2, 0.25) is 0 Å². The quantitative estimate of drug-likeness (QED) is 0.423. The first-order valence-electron chi connectivity index (χ1n) is 2.38. The molecule has 0 bridgehead atoms. The van der Waals surface area contributed by atoms with E-state index in [-0.39, 0.29) is 0 Å². The van der Waals surface area contributed by atoms with E-state index in [0.29, 0.717) is 6.08 Å². The Bertz CT molecular complexity index is 147. The molecule has 0 saturated carbocycles. The third kappa shape index (κ3) is 5.14. The zero-order chi connectivity index (χ0) is 8.20. The Balaban J connectivity index is 3.81. The van der Waals surface area contributed by atoms with Crippen LogP contribution < -0.4 is 0 Å². The predicted octanol–water partition coefficient (Wildman–Crippen LogP) is 1.63. The van der Waals surface area contributed by atoms with E-state index in [1.165, 1.54) is 6.92 Å². The topological polar surface area (TPSA) is 26.3 Å². The van der Waals surface area contributed by atoms with Crippen LogP contribution in [0.1, 0.15) is 6.92 Å². The van der Waals surface area contributed by atoms with Gasteiger partial charge in [0.1, 0.15) is 0 Å². The summed E-state index contributed by atoms with van der Waals surface area (Å²) >= 11 is 0. The van der Waals surface area contributed by atoms with Gasteiger partial charge in [0.25, 0.3) is 0 Å². The van der Waals surface area contributed by atoms with E-state index in [1.807, 2.05) is 0 Å². The summed E-state index contributed by atoms with van der Waals surface area (Å²) in [5.74, 6) is -1.41. The number of carbonyl (C=O) groups excluding carboxylic acids is 1. The molecule has 0 aromatic rings. The second-order valence-electron chi connectivity index (χ2n) is 1.37. The van der Waals surface area contributed by atoms with E-state index < -0.39 is 12.3 Å². The highest BCUT2D eigenvalue weighted by atomic mass is 19.4. The first-order valence-corrected chi connectivity index (χ1v) is 2.38. The second kappa shape index (κ2) is 3.24. The molecular weight excluding hydrogens is 149 g/mol. The Morgan fingerprint density at radius 2 is 2.00 bits per heavy atom. The van der Waals surface area contributed by atoms with Crippen LogP contribution in [-0.2, 0) is 9.53 Å². The number of allylic oxidation sites excluding steroid dienone is 1. The van der Waals surface area contributed by atoms with Crippen molar-refractivity contribution < 1.29 is 22.7 Å². The molecule has 5 heteroatoms. The van der Waals surface area contributed by atoms with Crippen molar-refractivity contribution in [2.24, 2.45) is 0 Å². The summed E-state index contributed by atoms with van der Waals surface area (Å²) in [6.45, 7) is 1.41. The molecule has 0 rings (SSSR count). The summed E-state index contributed by atoms with van der Waals surface area (Å²) in [7, 11) is 0. The molecule has 0 saturated heterocycles. The Morgan fingerprint density at radius 3 is 2.30 bits per heavy atom. The van der Waals surface area contributed by atoms with Gasteiger partial charge in [-0.15, -0.1) is 13.2 Å². The highest BCUT2D eigenvalue weighted by Gasteiger charge is 2.32. The SMILES string of the molecule is CC=CC(=O)OC(F)(F)F. The van der Waals surface area contributed by atoms with Crippen molar-refractivity contribution in [2.45, 2.75) is 13.3 Å². The van der Waals surface area contributed by atoms with Crippen LogP contribution in [0.5, 0.6) is 0 Å². The number of hydrogen-bond donors (Lipinski definition) is 0. The molecule has 58 valence electrons. The molecule has 0 fully saturated rings. The largest absolute Gasteiger partial charge is 0.575 e. The second-order valence-corrected chi connectivity index (χ2v) is 1.37. The Morgan fingerprint density at radius 1 is 1.50 bits per heavy atom. The molecule has 0 atom stereocenters. The molecule has 10 heavy (non-hydrogen) atoms. The van der Waals surface area contributed by atoms with Gasteiger partial charge < -0.3 is 4.74 Å². The van der Waals surface area contributed by atoms with Crippen molar-refractivity contribution in [2.75, 3.05) is 0 Å². The van der Waals surface area contributed by atoms with Crippen molar-refractivity contribution in [3.8, 4) is 0 Å². The molecule has 0 heterocycles. The number of carbonyl (C=O) groups is 1. The first-order chi connectivity index (χ1) is 4.45. The molecule has 0 unspecified atom stereocenters. The molecular formula is C5H5F3O2. The Hall–Kier alpha value is -1.00. The van der Waals surface area contributed by atoms with Gasteiger partial charge in [-0.2, -0.15) is 0 Å². The zero-order valence-corrected chi connectivity index (χ0v) is 5.11. The third-order valence-corrected chi connectivity index (χ3v) is 0.519. The molecule has 0 aliphatic heterocycles. The van der Waals surface area contributed by atoms with E-state index in [0.717, 1.165) is 6.08 Å². The lowest BCUT2D eigenvalue weighted by atomic mass is 10.5. The lowest BCUT2D eigenvalue weighted by Crippen LogP contribution is -2.17. The highest BCUT2D eigenvalue weighted by molar-refractivity contribution is 5.81. The minimum absolute atomic E-state index is 0.688. The summed E-state index contributed by atoms with van der Waals surface area (Å²) in [5.41, 5.74) is 0. The van der Waals surface area contributed by atoms with Crippen molar-refractivity contribution in [3.05, 3.63) is 12.2 Å². The van der Waals surface area contributed by atoms with Gasteiger partial charge in [-0.1, -0.05) is 6.08 Å². The Kier molecular flexibility index (Phi) is 2.92. The van der Waals surface area contributed by atoms with Crippen LogP contribution in [0.15, 0.2) is 12.2 Å². The fraction of sp³-hybridized carbons (Fsp3) is 0.400. The number of ether oxygens (including phenoxy) is 1. The van der Waals surface area contributed by atoms with Crippen LogP contribution in [0, 0.1) is 0 Å². The van der Waals surface area contributed by atoms with Gasteiger partial charge in [0.15, 0.2) is 0 Å². The third-order valence-electron chi connectivity index (χ3n) is 0.519. The fourth-order valence-corrected chi connectivity index (χ4v) is 0.284. The van der Waals surface area contributed by atoms with E-state index in [4.69, 9.17) is 0 Å². The molecule has 0 amide bonds. The maximum atomic E-state index is 11.2. The maximum absolute atomic E-state index is 11.2. The summed E-state index contributed by atoms with van der Waals surface area (Å²) in [4.78, 5) is 10.0.